The Morgan fingerprint density at radius 3 is 2.36 bits per heavy atom. The van der Waals surface area contributed by atoms with E-state index in [0.717, 1.165) is 39.1 Å². The molecule has 2 aromatic carbocycles. The lowest BCUT2D eigenvalue weighted by atomic mass is 9.83. The average molecular weight is 380 g/mol. The fourth-order valence-electron chi connectivity index (χ4n) is 3.85. The normalized spacial score (nSPS) is 17.3. The summed E-state index contributed by atoms with van der Waals surface area (Å²) in [5.41, 5.74) is 0.888. The van der Waals surface area contributed by atoms with Crippen molar-refractivity contribution >= 4 is 11.6 Å². The standard InChI is InChI=1S/C22H24N2O4/c1-23-10-12-24(13-11-23)9-4-14-28-18-8-3-6-16-20(18)22(27)19-15(21(16)26)5-2-7-17(19)25/h2-3,5-8,25H,4,9-14H2,1H3. The summed E-state index contributed by atoms with van der Waals surface area (Å²) in [5, 5.41) is 10.1. The number of nitrogens with zero attached hydrogens (tertiary/aromatic N) is 2. The van der Waals surface area contributed by atoms with Crippen LogP contribution >= 0.6 is 0 Å². The molecule has 2 aliphatic rings. The maximum atomic E-state index is 13.0. The summed E-state index contributed by atoms with van der Waals surface area (Å²) in [4.78, 5) is 30.5. The number of fused-ring (bicyclic) bond motifs is 2. The Morgan fingerprint density at radius 1 is 0.929 bits per heavy atom. The highest BCUT2D eigenvalue weighted by molar-refractivity contribution is 6.30. The number of hydrogen-bond acceptors (Lipinski definition) is 6. The van der Waals surface area contributed by atoms with Gasteiger partial charge in [-0.05, 0) is 25.6 Å². The molecule has 1 fully saturated rings. The van der Waals surface area contributed by atoms with E-state index >= 15 is 0 Å². The number of ether oxygens (including phenoxy) is 1. The molecule has 0 amide bonds. The van der Waals surface area contributed by atoms with Crippen molar-refractivity contribution in [3.8, 4) is 11.5 Å². The highest BCUT2D eigenvalue weighted by Crippen LogP contribution is 2.36. The summed E-state index contributed by atoms with van der Waals surface area (Å²) in [6.45, 7) is 5.68. The van der Waals surface area contributed by atoms with Gasteiger partial charge in [-0.25, -0.2) is 0 Å². The molecule has 0 saturated carbocycles. The lowest BCUT2D eigenvalue weighted by Gasteiger charge is -2.32. The second-order valence-corrected chi connectivity index (χ2v) is 7.38. The second-order valence-electron chi connectivity index (χ2n) is 7.38. The molecule has 0 radical (unpaired) electrons. The molecule has 1 heterocycles. The predicted molar refractivity (Wildman–Crippen MR) is 105 cm³/mol. The number of rotatable bonds is 5. The number of likely N-dealkylation sites (N-methyl/N-ethyl adjacent to an activating group) is 1. The molecule has 28 heavy (non-hydrogen) atoms. The predicted octanol–water partition coefficient (Wildman–Crippen LogP) is 2.18. The van der Waals surface area contributed by atoms with E-state index in [1.54, 1.807) is 30.3 Å². The Morgan fingerprint density at radius 2 is 1.61 bits per heavy atom. The Kier molecular flexibility index (Phi) is 5.15. The molecule has 6 nitrogen and oxygen atoms in total. The molecule has 0 unspecified atom stereocenters. The van der Waals surface area contributed by atoms with Crippen molar-refractivity contribution in [1.82, 2.24) is 9.80 Å². The van der Waals surface area contributed by atoms with Crippen LogP contribution < -0.4 is 4.74 Å². The molecule has 2 aromatic rings. The molecule has 1 saturated heterocycles. The van der Waals surface area contributed by atoms with Gasteiger partial charge >= 0.3 is 0 Å². The number of phenolic OH excluding ortho intramolecular Hbond substituents is 1. The molecule has 0 aromatic heterocycles. The molecule has 1 aliphatic carbocycles. The van der Waals surface area contributed by atoms with Crippen LogP contribution in [0.4, 0.5) is 0 Å². The molecule has 0 spiro atoms. The number of ketones is 2. The van der Waals surface area contributed by atoms with Gasteiger partial charge in [-0.15, -0.1) is 0 Å². The zero-order valence-electron chi connectivity index (χ0n) is 16.0. The minimum absolute atomic E-state index is 0.0634. The number of carbonyl (C=O) groups excluding carboxylic acids is 2. The average Bonchev–Trinajstić information content (AvgIpc) is 2.70. The number of piperazine rings is 1. The lowest BCUT2D eigenvalue weighted by Crippen LogP contribution is -2.44. The van der Waals surface area contributed by atoms with Gasteiger partial charge in [0.1, 0.15) is 11.5 Å². The highest BCUT2D eigenvalue weighted by atomic mass is 16.5. The molecule has 6 heteroatoms. The van der Waals surface area contributed by atoms with Crippen LogP contribution in [0.1, 0.15) is 38.3 Å². The summed E-state index contributed by atoms with van der Waals surface area (Å²) in [5.74, 6) is -0.393. The summed E-state index contributed by atoms with van der Waals surface area (Å²) in [7, 11) is 2.13. The van der Waals surface area contributed by atoms with E-state index in [4.69, 9.17) is 4.74 Å². The van der Waals surface area contributed by atoms with Gasteiger partial charge in [0.25, 0.3) is 0 Å². The van der Waals surface area contributed by atoms with Crippen LogP contribution in [0, 0.1) is 0 Å². The molecule has 146 valence electrons. The third-order valence-corrected chi connectivity index (χ3v) is 5.48. The summed E-state index contributed by atoms with van der Waals surface area (Å²) < 4.78 is 5.90. The van der Waals surface area contributed by atoms with Gasteiger partial charge in [-0.1, -0.05) is 24.3 Å². The summed E-state index contributed by atoms with van der Waals surface area (Å²) >= 11 is 0. The summed E-state index contributed by atoms with van der Waals surface area (Å²) in [6.07, 6.45) is 0.845. The van der Waals surface area contributed by atoms with Crippen molar-refractivity contribution in [1.29, 1.82) is 0 Å². The Hall–Kier alpha value is -2.70. The fourth-order valence-corrected chi connectivity index (χ4v) is 3.85. The third kappa shape index (κ3) is 3.41. The van der Waals surface area contributed by atoms with Crippen molar-refractivity contribution in [3.63, 3.8) is 0 Å². The monoisotopic (exact) mass is 380 g/mol. The smallest absolute Gasteiger partial charge is 0.201 e. The number of carbonyl (C=O) groups is 2. The van der Waals surface area contributed by atoms with Crippen LogP contribution in [0.2, 0.25) is 0 Å². The van der Waals surface area contributed by atoms with Crippen molar-refractivity contribution in [2.24, 2.45) is 0 Å². The van der Waals surface area contributed by atoms with E-state index in [-0.39, 0.29) is 34.0 Å². The molecule has 4 rings (SSSR count). The number of aromatic hydroxyl groups is 1. The van der Waals surface area contributed by atoms with E-state index in [1.807, 2.05) is 0 Å². The molecule has 0 atom stereocenters. The zero-order valence-corrected chi connectivity index (χ0v) is 16.0. The number of hydrogen-bond donors (Lipinski definition) is 1. The Labute approximate surface area is 164 Å². The van der Waals surface area contributed by atoms with Crippen LogP contribution in [0.3, 0.4) is 0 Å². The highest BCUT2D eigenvalue weighted by Gasteiger charge is 2.34. The first-order chi connectivity index (χ1) is 13.6. The van der Waals surface area contributed by atoms with Crippen LogP contribution in [0.15, 0.2) is 36.4 Å². The third-order valence-electron chi connectivity index (χ3n) is 5.48. The van der Waals surface area contributed by atoms with Crippen LogP contribution in [0.5, 0.6) is 11.5 Å². The Balaban J connectivity index is 1.48. The quantitative estimate of drug-likeness (QED) is 0.685. The van der Waals surface area contributed by atoms with Crippen LogP contribution in [-0.4, -0.2) is 72.9 Å². The largest absolute Gasteiger partial charge is 0.507 e. The van der Waals surface area contributed by atoms with Gasteiger partial charge in [0.05, 0.1) is 17.7 Å². The lowest BCUT2D eigenvalue weighted by molar-refractivity contribution is 0.0972. The first kappa shape index (κ1) is 18.7. The molecular weight excluding hydrogens is 356 g/mol. The van der Waals surface area contributed by atoms with Crippen molar-refractivity contribution in [2.45, 2.75) is 6.42 Å². The molecule has 1 aliphatic heterocycles. The minimum atomic E-state index is -0.364. The number of phenols is 1. The molecular formula is C22H24N2O4. The first-order valence-corrected chi connectivity index (χ1v) is 9.64. The Bertz CT molecular complexity index is 917. The van der Waals surface area contributed by atoms with Gasteiger partial charge in [-0.2, -0.15) is 0 Å². The van der Waals surface area contributed by atoms with Crippen LogP contribution in [-0.2, 0) is 0 Å². The van der Waals surface area contributed by atoms with Crippen LogP contribution in [0.25, 0.3) is 0 Å². The maximum absolute atomic E-state index is 13.0. The van der Waals surface area contributed by atoms with Crippen molar-refractivity contribution in [3.05, 3.63) is 58.7 Å². The second kappa shape index (κ2) is 7.73. The summed E-state index contributed by atoms with van der Waals surface area (Å²) in [6, 6.07) is 9.65. The first-order valence-electron chi connectivity index (χ1n) is 9.64. The van der Waals surface area contributed by atoms with Crippen molar-refractivity contribution < 1.29 is 19.4 Å². The van der Waals surface area contributed by atoms with E-state index in [1.165, 1.54) is 6.07 Å². The van der Waals surface area contributed by atoms with E-state index in [2.05, 4.69) is 16.8 Å². The van der Waals surface area contributed by atoms with Gasteiger partial charge in [0.15, 0.2) is 5.78 Å². The van der Waals surface area contributed by atoms with Gasteiger partial charge in [0.2, 0.25) is 5.78 Å². The van der Waals surface area contributed by atoms with Gasteiger partial charge in [-0.3, -0.25) is 9.59 Å². The number of benzene rings is 2. The molecule has 0 bridgehead atoms. The van der Waals surface area contributed by atoms with Crippen molar-refractivity contribution in [2.75, 3.05) is 46.4 Å². The van der Waals surface area contributed by atoms with Gasteiger partial charge < -0.3 is 19.6 Å². The van der Waals surface area contributed by atoms with E-state index in [9.17, 15) is 14.7 Å². The van der Waals surface area contributed by atoms with E-state index < -0.39 is 0 Å². The maximum Gasteiger partial charge on any atom is 0.201 e. The SMILES string of the molecule is CN1CCN(CCCOc2cccc3c2C(=O)c2c(O)cccc2C3=O)CC1. The zero-order chi connectivity index (χ0) is 19.7. The fraction of sp³-hybridized carbons (Fsp3) is 0.364. The minimum Gasteiger partial charge on any atom is -0.507 e. The molecule has 1 N–H and O–H groups in total. The van der Waals surface area contributed by atoms with E-state index in [0.29, 0.717) is 17.9 Å². The van der Waals surface area contributed by atoms with Gasteiger partial charge in [0, 0.05) is 43.9 Å². The topological polar surface area (TPSA) is 70.1 Å².